The zero-order valence-electron chi connectivity index (χ0n) is 11.6. The topological polar surface area (TPSA) is 32.3 Å². The number of hydrogen-bond donors (Lipinski definition) is 2. The summed E-state index contributed by atoms with van der Waals surface area (Å²) in [5, 5.41) is 13.6. The van der Waals surface area contributed by atoms with Crippen molar-refractivity contribution in [3.8, 4) is 0 Å². The number of hydrogen-bond acceptors (Lipinski definition) is 2. The molecular weight excluding hydrogens is 234 g/mol. The molecule has 0 spiro atoms. The molecule has 0 bridgehead atoms. The van der Waals surface area contributed by atoms with E-state index in [4.69, 9.17) is 0 Å². The summed E-state index contributed by atoms with van der Waals surface area (Å²) in [5.74, 6) is 0. The minimum absolute atomic E-state index is 0.0905. The predicted octanol–water partition coefficient (Wildman–Crippen LogP) is 3.35. The lowest BCUT2D eigenvalue weighted by atomic mass is 9.91. The van der Waals surface area contributed by atoms with Gasteiger partial charge in [0.2, 0.25) is 0 Å². The van der Waals surface area contributed by atoms with E-state index in [1.165, 1.54) is 43.2 Å². The number of rotatable bonds is 2. The lowest BCUT2D eigenvalue weighted by Gasteiger charge is -2.31. The predicted molar refractivity (Wildman–Crippen MR) is 78.1 cm³/mol. The summed E-state index contributed by atoms with van der Waals surface area (Å²) in [4.78, 5) is 0. The zero-order chi connectivity index (χ0) is 13.1. The minimum atomic E-state index is -0.0905. The van der Waals surface area contributed by atoms with Gasteiger partial charge in [0.05, 0.1) is 6.10 Å². The van der Waals surface area contributed by atoms with Gasteiger partial charge in [-0.15, -0.1) is 0 Å². The van der Waals surface area contributed by atoms with Crippen molar-refractivity contribution in [2.24, 2.45) is 0 Å². The largest absolute Gasteiger partial charge is 0.393 e. The van der Waals surface area contributed by atoms with E-state index < -0.39 is 0 Å². The fourth-order valence-corrected chi connectivity index (χ4v) is 3.69. The maximum Gasteiger partial charge on any atom is 0.0555 e. The Kier molecular flexibility index (Phi) is 4.19. The lowest BCUT2D eigenvalue weighted by molar-refractivity contribution is 0.108. The molecule has 2 aliphatic rings. The maximum absolute atomic E-state index is 9.82. The molecule has 0 saturated heterocycles. The van der Waals surface area contributed by atoms with Crippen molar-refractivity contribution in [1.29, 1.82) is 0 Å². The summed E-state index contributed by atoms with van der Waals surface area (Å²) in [6.45, 7) is 0. The molecule has 0 aliphatic heterocycles. The summed E-state index contributed by atoms with van der Waals surface area (Å²) >= 11 is 0. The van der Waals surface area contributed by atoms with Gasteiger partial charge in [-0.05, 0) is 56.1 Å². The van der Waals surface area contributed by atoms with Crippen LogP contribution in [0.25, 0.3) is 0 Å². The van der Waals surface area contributed by atoms with E-state index in [1.807, 2.05) is 0 Å². The van der Waals surface area contributed by atoms with Gasteiger partial charge in [0.1, 0.15) is 0 Å². The van der Waals surface area contributed by atoms with Gasteiger partial charge in [-0.3, -0.25) is 0 Å². The molecule has 1 aromatic carbocycles. The molecule has 2 N–H and O–H groups in total. The normalized spacial score (nSPS) is 31.5. The van der Waals surface area contributed by atoms with Crippen molar-refractivity contribution in [2.75, 3.05) is 0 Å². The molecule has 2 aliphatic carbocycles. The molecule has 2 heteroatoms. The van der Waals surface area contributed by atoms with Crippen LogP contribution in [0.15, 0.2) is 24.3 Å². The van der Waals surface area contributed by atoms with Crippen molar-refractivity contribution in [2.45, 2.75) is 69.6 Å². The average Bonchev–Trinajstić information content (AvgIpc) is 2.62. The zero-order valence-corrected chi connectivity index (χ0v) is 11.6. The van der Waals surface area contributed by atoms with Crippen molar-refractivity contribution < 1.29 is 5.11 Å². The van der Waals surface area contributed by atoms with Gasteiger partial charge < -0.3 is 10.4 Å². The summed E-state index contributed by atoms with van der Waals surface area (Å²) in [6, 6.07) is 9.89. The van der Waals surface area contributed by atoms with Crippen molar-refractivity contribution >= 4 is 0 Å². The van der Waals surface area contributed by atoms with Crippen LogP contribution in [0.3, 0.4) is 0 Å². The van der Waals surface area contributed by atoms with E-state index in [1.54, 1.807) is 0 Å². The number of benzene rings is 1. The molecule has 3 unspecified atom stereocenters. The third-order valence-electron chi connectivity index (χ3n) is 4.70. The van der Waals surface area contributed by atoms with E-state index in [-0.39, 0.29) is 6.10 Å². The molecule has 1 saturated carbocycles. The molecule has 3 atom stereocenters. The van der Waals surface area contributed by atoms with Crippen LogP contribution in [0.4, 0.5) is 0 Å². The van der Waals surface area contributed by atoms with Gasteiger partial charge in [-0.25, -0.2) is 0 Å². The Hall–Kier alpha value is -0.860. The monoisotopic (exact) mass is 259 g/mol. The molecule has 0 amide bonds. The highest BCUT2D eigenvalue weighted by molar-refractivity contribution is 5.31. The van der Waals surface area contributed by atoms with E-state index in [9.17, 15) is 5.11 Å². The standard InChI is InChI=1S/C17H25NO/c19-15-9-5-8-14(12-15)18-17-11-4-2-7-13-6-1-3-10-16(13)17/h1,3,6,10,14-15,17-19H,2,4-5,7-9,11-12H2. The number of aliphatic hydroxyl groups is 1. The second-order valence-electron chi connectivity index (χ2n) is 6.18. The SMILES string of the molecule is OC1CCCC(NC2CCCCc3ccccc32)C1. The Labute approximate surface area is 116 Å². The summed E-state index contributed by atoms with van der Waals surface area (Å²) < 4.78 is 0. The van der Waals surface area contributed by atoms with Crippen LogP contribution in [-0.4, -0.2) is 17.3 Å². The van der Waals surface area contributed by atoms with Crippen LogP contribution >= 0.6 is 0 Å². The number of aryl methyl sites for hydroxylation is 1. The van der Waals surface area contributed by atoms with Crippen LogP contribution < -0.4 is 5.32 Å². The van der Waals surface area contributed by atoms with Crippen molar-refractivity contribution in [3.05, 3.63) is 35.4 Å². The number of fused-ring (bicyclic) bond motifs is 1. The highest BCUT2D eigenvalue weighted by Crippen LogP contribution is 2.30. The average molecular weight is 259 g/mol. The first-order chi connectivity index (χ1) is 9.33. The minimum Gasteiger partial charge on any atom is -0.393 e. The van der Waals surface area contributed by atoms with Gasteiger partial charge >= 0.3 is 0 Å². The van der Waals surface area contributed by atoms with E-state index >= 15 is 0 Å². The first-order valence-electron chi connectivity index (χ1n) is 7.85. The van der Waals surface area contributed by atoms with Crippen LogP contribution in [-0.2, 0) is 6.42 Å². The second kappa shape index (κ2) is 6.06. The molecule has 1 fully saturated rings. The number of nitrogens with one attached hydrogen (secondary N) is 1. The maximum atomic E-state index is 9.82. The molecule has 19 heavy (non-hydrogen) atoms. The van der Waals surface area contributed by atoms with Crippen molar-refractivity contribution in [3.63, 3.8) is 0 Å². The van der Waals surface area contributed by atoms with Crippen molar-refractivity contribution in [1.82, 2.24) is 5.32 Å². The first kappa shape index (κ1) is 13.1. The molecule has 0 heterocycles. The molecule has 2 nitrogen and oxygen atoms in total. The van der Waals surface area contributed by atoms with Gasteiger partial charge in [-0.1, -0.05) is 30.7 Å². The van der Waals surface area contributed by atoms with Gasteiger partial charge in [0.15, 0.2) is 0 Å². The Morgan fingerprint density at radius 1 is 1.00 bits per heavy atom. The summed E-state index contributed by atoms with van der Waals surface area (Å²) in [5.41, 5.74) is 3.02. The molecule has 3 rings (SSSR count). The quantitative estimate of drug-likeness (QED) is 0.798. The smallest absolute Gasteiger partial charge is 0.0555 e. The fraction of sp³-hybridized carbons (Fsp3) is 0.647. The summed E-state index contributed by atoms with van der Waals surface area (Å²) in [6.07, 6.45) is 9.28. The molecule has 0 radical (unpaired) electrons. The van der Waals surface area contributed by atoms with Gasteiger partial charge in [0.25, 0.3) is 0 Å². The Morgan fingerprint density at radius 2 is 1.89 bits per heavy atom. The van der Waals surface area contributed by atoms with Crippen LogP contribution in [0.1, 0.15) is 62.1 Å². The van der Waals surface area contributed by atoms with Gasteiger partial charge in [0, 0.05) is 12.1 Å². The second-order valence-corrected chi connectivity index (χ2v) is 6.18. The third kappa shape index (κ3) is 3.18. The van der Waals surface area contributed by atoms with Gasteiger partial charge in [-0.2, -0.15) is 0 Å². The summed E-state index contributed by atoms with van der Waals surface area (Å²) in [7, 11) is 0. The lowest BCUT2D eigenvalue weighted by Crippen LogP contribution is -2.38. The van der Waals surface area contributed by atoms with Crippen LogP contribution in [0.2, 0.25) is 0 Å². The Bertz CT molecular complexity index is 417. The third-order valence-corrected chi connectivity index (χ3v) is 4.70. The fourth-order valence-electron chi connectivity index (χ4n) is 3.69. The Morgan fingerprint density at radius 3 is 2.79 bits per heavy atom. The highest BCUT2D eigenvalue weighted by Gasteiger charge is 2.25. The first-order valence-corrected chi connectivity index (χ1v) is 7.85. The number of aliphatic hydroxyl groups excluding tert-OH is 1. The molecule has 0 aromatic heterocycles. The van der Waals surface area contributed by atoms with Crippen LogP contribution in [0.5, 0.6) is 0 Å². The van der Waals surface area contributed by atoms with E-state index in [0.29, 0.717) is 12.1 Å². The van der Waals surface area contributed by atoms with Crippen LogP contribution in [0, 0.1) is 0 Å². The molecular formula is C17H25NO. The molecule has 1 aromatic rings. The highest BCUT2D eigenvalue weighted by atomic mass is 16.3. The van der Waals surface area contributed by atoms with E-state index in [2.05, 4.69) is 29.6 Å². The van der Waals surface area contributed by atoms with E-state index in [0.717, 1.165) is 19.3 Å². The Balaban J connectivity index is 1.73. The molecule has 104 valence electrons.